The zero-order chi connectivity index (χ0) is 14.8. The summed E-state index contributed by atoms with van der Waals surface area (Å²) in [4.78, 5) is 3.84. The molecule has 1 aromatic heterocycles. The number of aryl methyl sites for hydroxylation is 1. The molecule has 0 spiro atoms. The van der Waals surface area contributed by atoms with Crippen molar-refractivity contribution in [2.24, 2.45) is 0 Å². The fourth-order valence-electron chi connectivity index (χ4n) is 1.77. The van der Waals surface area contributed by atoms with Crippen molar-refractivity contribution in [3.05, 3.63) is 58.2 Å². The maximum absolute atomic E-state index is 12.6. The molecular weight excluding hydrogens is 289 g/mol. The Labute approximate surface area is 119 Å². The number of aromatic nitrogens is 1. The Morgan fingerprint density at radius 1 is 1.20 bits per heavy atom. The van der Waals surface area contributed by atoms with Crippen molar-refractivity contribution in [2.45, 2.75) is 19.6 Å². The van der Waals surface area contributed by atoms with Crippen molar-refractivity contribution in [3.63, 3.8) is 0 Å². The number of nitrogens with zero attached hydrogens (tertiary/aromatic N) is 1. The van der Waals surface area contributed by atoms with E-state index in [4.69, 9.17) is 11.6 Å². The van der Waals surface area contributed by atoms with Gasteiger partial charge in [0.05, 0.1) is 5.56 Å². The standard InChI is InChI=1S/C14H12ClF3N2/c1-9-3-2-4-10(5-9)8-19-13-7-11(14(16,17)18)6-12(15)20-13/h2-7H,8H2,1H3,(H,19,20). The molecule has 0 aliphatic heterocycles. The lowest BCUT2D eigenvalue weighted by atomic mass is 10.1. The zero-order valence-electron chi connectivity index (χ0n) is 10.6. The molecule has 0 bridgehead atoms. The number of hydrogen-bond acceptors (Lipinski definition) is 2. The van der Waals surface area contributed by atoms with Gasteiger partial charge in [0.15, 0.2) is 0 Å². The first-order chi connectivity index (χ1) is 9.34. The summed E-state index contributed by atoms with van der Waals surface area (Å²) in [5.41, 5.74) is 1.23. The highest BCUT2D eigenvalue weighted by Crippen LogP contribution is 2.32. The maximum Gasteiger partial charge on any atom is 0.416 e. The summed E-state index contributed by atoms with van der Waals surface area (Å²) >= 11 is 5.61. The molecule has 0 amide bonds. The number of rotatable bonds is 3. The Morgan fingerprint density at radius 3 is 2.60 bits per heavy atom. The maximum atomic E-state index is 12.6. The van der Waals surface area contributed by atoms with Gasteiger partial charge in [-0.2, -0.15) is 13.2 Å². The molecule has 0 saturated carbocycles. The van der Waals surface area contributed by atoms with Crippen LogP contribution in [-0.2, 0) is 12.7 Å². The Kier molecular flexibility index (Phi) is 4.18. The molecule has 0 unspecified atom stereocenters. The van der Waals surface area contributed by atoms with Crippen molar-refractivity contribution in [3.8, 4) is 0 Å². The van der Waals surface area contributed by atoms with Crippen LogP contribution in [0.4, 0.5) is 19.0 Å². The van der Waals surface area contributed by atoms with E-state index < -0.39 is 11.7 Å². The summed E-state index contributed by atoms with van der Waals surface area (Å²) in [6.45, 7) is 2.33. The third-order valence-electron chi connectivity index (χ3n) is 2.68. The minimum atomic E-state index is -4.44. The normalized spacial score (nSPS) is 11.4. The number of pyridine rings is 1. The molecule has 2 rings (SSSR count). The topological polar surface area (TPSA) is 24.9 Å². The number of anilines is 1. The monoisotopic (exact) mass is 300 g/mol. The van der Waals surface area contributed by atoms with E-state index >= 15 is 0 Å². The van der Waals surface area contributed by atoms with E-state index in [1.807, 2.05) is 31.2 Å². The van der Waals surface area contributed by atoms with Gasteiger partial charge in [0.2, 0.25) is 0 Å². The van der Waals surface area contributed by atoms with Gasteiger partial charge in [0.1, 0.15) is 11.0 Å². The first kappa shape index (κ1) is 14.7. The Morgan fingerprint density at radius 2 is 1.95 bits per heavy atom. The quantitative estimate of drug-likeness (QED) is 0.833. The lowest BCUT2D eigenvalue weighted by Gasteiger charge is -2.11. The molecular formula is C14H12ClF3N2. The van der Waals surface area contributed by atoms with Crippen LogP contribution in [0, 0.1) is 6.92 Å². The molecule has 0 saturated heterocycles. The predicted octanol–water partition coefficient (Wildman–Crippen LogP) is 4.67. The SMILES string of the molecule is Cc1cccc(CNc2cc(C(F)(F)F)cc(Cl)n2)c1. The van der Waals surface area contributed by atoms with Gasteiger partial charge in [-0.1, -0.05) is 41.4 Å². The third-order valence-corrected chi connectivity index (χ3v) is 2.87. The van der Waals surface area contributed by atoms with Gasteiger partial charge in [-0.05, 0) is 24.6 Å². The first-order valence-corrected chi connectivity index (χ1v) is 6.26. The van der Waals surface area contributed by atoms with Crippen LogP contribution in [0.1, 0.15) is 16.7 Å². The van der Waals surface area contributed by atoms with Crippen LogP contribution in [0.3, 0.4) is 0 Å². The van der Waals surface area contributed by atoms with E-state index in [9.17, 15) is 13.2 Å². The fourth-order valence-corrected chi connectivity index (χ4v) is 1.97. The number of hydrogen-bond donors (Lipinski definition) is 1. The Hall–Kier alpha value is -1.75. The average Bonchev–Trinajstić information content (AvgIpc) is 2.35. The van der Waals surface area contributed by atoms with Gasteiger partial charge >= 0.3 is 6.18 Å². The van der Waals surface area contributed by atoms with E-state index in [1.165, 1.54) is 0 Å². The van der Waals surface area contributed by atoms with Gasteiger partial charge in [-0.3, -0.25) is 0 Å². The average molecular weight is 301 g/mol. The highest BCUT2D eigenvalue weighted by Gasteiger charge is 2.31. The number of benzene rings is 1. The largest absolute Gasteiger partial charge is 0.416 e. The molecule has 1 aromatic carbocycles. The van der Waals surface area contributed by atoms with Gasteiger partial charge in [0.25, 0.3) is 0 Å². The highest BCUT2D eigenvalue weighted by atomic mass is 35.5. The molecule has 2 aromatic rings. The van der Waals surface area contributed by atoms with Gasteiger partial charge in [-0.25, -0.2) is 4.98 Å². The molecule has 0 radical (unpaired) electrons. The summed E-state index contributed by atoms with van der Waals surface area (Å²) in [6.07, 6.45) is -4.44. The van der Waals surface area contributed by atoms with Crippen LogP contribution in [0.5, 0.6) is 0 Å². The van der Waals surface area contributed by atoms with Crippen LogP contribution in [0.2, 0.25) is 5.15 Å². The summed E-state index contributed by atoms with van der Waals surface area (Å²) in [6, 6.07) is 9.42. The lowest BCUT2D eigenvalue weighted by molar-refractivity contribution is -0.137. The van der Waals surface area contributed by atoms with Crippen molar-refractivity contribution in [1.82, 2.24) is 4.98 Å². The van der Waals surface area contributed by atoms with Crippen LogP contribution >= 0.6 is 11.6 Å². The summed E-state index contributed by atoms with van der Waals surface area (Å²) in [7, 11) is 0. The van der Waals surface area contributed by atoms with Gasteiger partial charge in [-0.15, -0.1) is 0 Å². The molecule has 6 heteroatoms. The van der Waals surface area contributed by atoms with E-state index in [-0.39, 0.29) is 11.0 Å². The number of alkyl halides is 3. The van der Waals surface area contributed by atoms with Crippen LogP contribution in [0.25, 0.3) is 0 Å². The molecule has 1 N–H and O–H groups in total. The number of halogens is 4. The van der Waals surface area contributed by atoms with Crippen molar-refractivity contribution < 1.29 is 13.2 Å². The van der Waals surface area contributed by atoms with E-state index in [1.54, 1.807) is 0 Å². The molecule has 1 heterocycles. The molecule has 0 aliphatic carbocycles. The lowest BCUT2D eigenvalue weighted by Crippen LogP contribution is -2.08. The minimum Gasteiger partial charge on any atom is -0.366 e. The summed E-state index contributed by atoms with van der Waals surface area (Å²) < 4.78 is 37.9. The molecule has 2 nitrogen and oxygen atoms in total. The molecule has 106 valence electrons. The van der Waals surface area contributed by atoms with Crippen LogP contribution in [-0.4, -0.2) is 4.98 Å². The second-order valence-corrected chi connectivity index (χ2v) is 4.79. The van der Waals surface area contributed by atoms with Crippen molar-refractivity contribution >= 4 is 17.4 Å². The second-order valence-electron chi connectivity index (χ2n) is 4.40. The van der Waals surface area contributed by atoms with Crippen LogP contribution < -0.4 is 5.32 Å². The van der Waals surface area contributed by atoms with Crippen LogP contribution in [0.15, 0.2) is 36.4 Å². The predicted molar refractivity (Wildman–Crippen MR) is 72.8 cm³/mol. The third kappa shape index (κ3) is 3.87. The first-order valence-electron chi connectivity index (χ1n) is 5.89. The summed E-state index contributed by atoms with van der Waals surface area (Å²) in [5.74, 6) is 0.103. The minimum absolute atomic E-state index is 0.103. The van der Waals surface area contributed by atoms with E-state index in [0.29, 0.717) is 6.54 Å². The highest BCUT2D eigenvalue weighted by molar-refractivity contribution is 6.29. The molecule has 0 atom stereocenters. The molecule has 0 aliphatic rings. The fraction of sp³-hybridized carbons (Fsp3) is 0.214. The summed E-state index contributed by atoms with van der Waals surface area (Å²) in [5, 5.41) is 2.66. The zero-order valence-corrected chi connectivity index (χ0v) is 11.4. The molecule has 0 fully saturated rings. The smallest absolute Gasteiger partial charge is 0.366 e. The number of nitrogens with one attached hydrogen (secondary N) is 1. The molecule has 20 heavy (non-hydrogen) atoms. The van der Waals surface area contributed by atoms with E-state index in [2.05, 4.69) is 10.3 Å². The van der Waals surface area contributed by atoms with Gasteiger partial charge in [0, 0.05) is 6.54 Å². The Bertz CT molecular complexity index is 612. The van der Waals surface area contributed by atoms with Gasteiger partial charge < -0.3 is 5.32 Å². The van der Waals surface area contributed by atoms with E-state index in [0.717, 1.165) is 23.3 Å². The second kappa shape index (κ2) is 5.71. The van der Waals surface area contributed by atoms with Crippen molar-refractivity contribution in [2.75, 3.05) is 5.32 Å². The Balaban J connectivity index is 2.16. The van der Waals surface area contributed by atoms with Crippen molar-refractivity contribution in [1.29, 1.82) is 0 Å².